The van der Waals surface area contributed by atoms with Crippen molar-refractivity contribution in [3.63, 3.8) is 0 Å². The van der Waals surface area contributed by atoms with E-state index in [1.165, 1.54) is 0 Å². The number of benzene rings is 1. The van der Waals surface area contributed by atoms with Crippen molar-refractivity contribution < 1.29 is 14.0 Å². The van der Waals surface area contributed by atoms with Crippen molar-refractivity contribution in [3.05, 3.63) is 18.0 Å². The lowest BCUT2D eigenvalue weighted by Gasteiger charge is -2.10. The molecule has 1 aromatic carbocycles. The summed E-state index contributed by atoms with van der Waals surface area (Å²) in [6.45, 7) is 2.00. The molecule has 0 saturated carbocycles. The number of aromatic nitrogens is 2. The van der Waals surface area contributed by atoms with Crippen molar-refractivity contribution in [1.82, 2.24) is 4.98 Å². The first-order chi connectivity index (χ1) is 8.62. The second kappa shape index (κ2) is 5.02. The van der Waals surface area contributed by atoms with Gasteiger partial charge in [0.1, 0.15) is 5.52 Å². The lowest BCUT2D eigenvalue weighted by Crippen LogP contribution is -2.34. The molecule has 1 aromatic heterocycles. The minimum atomic E-state index is 0.728. The van der Waals surface area contributed by atoms with Crippen LogP contribution in [0.4, 0.5) is 0 Å². The average Bonchev–Trinajstić information content (AvgIpc) is 2.41. The smallest absolute Gasteiger partial charge is 0.296 e. The Hall–Kier alpha value is -1.49. The van der Waals surface area contributed by atoms with Crippen LogP contribution < -0.4 is 14.0 Å². The molecule has 0 N–H and O–H groups in total. The fourth-order valence-corrected chi connectivity index (χ4v) is 2.54. The zero-order valence-corrected chi connectivity index (χ0v) is 12.1. The molecule has 2 rings (SSSR count). The van der Waals surface area contributed by atoms with E-state index in [9.17, 15) is 0 Å². The van der Waals surface area contributed by atoms with Crippen LogP contribution in [-0.4, -0.2) is 25.5 Å². The van der Waals surface area contributed by atoms with Crippen molar-refractivity contribution in [1.29, 1.82) is 0 Å². The molecule has 5 heteroatoms. The van der Waals surface area contributed by atoms with Gasteiger partial charge in [-0.3, -0.25) is 0 Å². The molecule has 0 bridgehead atoms. The van der Waals surface area contributed by atoms with Gasteiger partial charge >= 0.3 is 0 Å². The average molecular weight is 265 g/mol. The summed E-state index contributed by atoms with van der Waals surface area (Å²) in [5.74, 6) is 2.43. The number of ether oxygens (including phenoxy) is 2. The van der Waals surface area contributed by atoms with Crippen LogP contribution in [-0.2, 0) is 7.05 Å². The molecule has 0 aliphatic rings. The van der Waals surface area contributed by atoms with Crippen LogP contribution in [0.3, 0.4) is 0 Å². The van der Waals surface area contributed by atoms with Gasteiger partial charge in [-0.15, -0.1) is 0 Å². The molecule has 2 aromatic rings. The van der Waals surface area contributed by atoms with E-state index in [1.807, 2.05) is 32.4 Å². The molecule has 0 spiro atoms. The SMILES string of the molecule is COc1cc2c(SC)nc(C)[n+](C)c2cc1OC. The van der Waals surface area contributed by atoms with Gasteiger partial charge in [-0.1, -0.05) is 11.8 Å². The molecule has 0 unspecified atom stereocenters. The molecule has 0 aliphatic heterocycles. The molecule has 0 radical (unpaired) electrons. The molecule has 0 saturated heterocycles. The molecule has 4 nitrogen and oxygen atoms in total. The number of hydrogen-bond acceptors (Lipinski definition) is 4. The van der Waals surface area contributed by atoms with Gasteiger partial charge in [0.2, 0.25) is 5.03 Å². The summed E-state index contributed by atoms with van der Waals surface area (Å²) in [7, 11) is 5.29. The summed E-state index contributed by atoms with van der Waals surface area (Å²) >= 11 is 1.63. The standard InChI is InChI=1S/C13H17N2O2S/c1-8-14-13(18-5)9-6-11(16-3)12(17-4)7-10(9)15(8)2/h6-7H,1-5H3/q+1. The summed E-state index contributed by atoms with van der Waals surface area (Å²) in [6, 6.07) is 3.97. The lowest BCUT2D eigenvalue weighted by atomic mass is 10.2. The molecule has 18 heavy (non-hydrogen) atoms. The van der Waals surface area contributed by atoms with Gasteiger partial charge < -0.3 is 9.47 Å². The van der Waals surface area contributed by atoms with Crippen molar-refractivity contribution in [3.8, 4) is 11.5 Å². The van der Waals surface area contributed by atoms with E-state index in [0.717, 1.165) is 33.3 Å². The zero-order chi connectivity index (χ0) is 13.3. The maximum Gasteiger partial charge on any atom is 0.296 e. The Bertz CT molecular complexity index is 599. The predicted octanol–water partition coefficient (Wildman–Crippen LogP) is 2.11. The third kappa shape index (κ3) is 1.99. The summed E-state index contributed by atoms with van der Waals surface area (Å²) < 4.78 is 12.7. The van der Waals surface area contributed by atoms with Crippen LogP contribution in [0.25, 0.3) is 10.9 Å². The summed E-state index contributed by atoms with van der Waals surface area (Å²) in [4.78, 5) is 4.58. The number of rotatable bonds is 3. The second-order valence-electron chi connectivity index (χ2n) is 3.95. The summed E-state index contributed by atoms with van der Waals surface area (Å²) in [5.41, 5.74) is 1.09. The fourth-order valence-electron chi connectivity index (χ4n) is 1.93. The topological polar surface area (TPSA) is 35.2 Å². The van der Waals surface area contributed by atoms with Crippen molar-refractivity contribution >= 4 is 22.7 Å². The van der Waals surface area contributed by atoms with Crippen LogP contribution in [0, 0.1) is 6.92 Å². The quantitative estimate of drug-likeness (QED) is 0.484. The number of fused-ring (bicyclic) bond motifs is 1. The Labute approximate surface area is 111 Å². The van der Waals surface area contributed by atoms with Crippen LogP contribution in [0.5, 0.6) is 11.5 Å². The minimum absolute atomic E-state index is 0.728. The van der Waals surface area contributed by atoms with E-state index in [-0.39, 0.29) is 0 Å². The van der Waals surface area contributed by atoms with Gasteiger partial charge in [0.15, 0.2) is 11.5 Å². The Morgan fingerprint density at radius 1 is 1.17 bits per heavy atom. The van der Waals surface area contributed by atoms with E-state index in [2.05, 4.69) is 9.55 Å². The number of thioether (sulfide) groups is 1. The number of nitrogens with zero attached hydrogens (tertiary/aromatic N) is 2. The number of aryl methyl sites for hydroxylation is 2. The highest BCUT2D eigenvalue weighted by Gasteiger charge is 2.19. The second-order valence-corrected chi connectivity index (χ2v) is 4.75. The van der Waals surface area contributed by atoms with E-state index in [1.54, 1.807) is 26.0 Å². The van der Waals surface area contributed by atoms with Gasteiger partial charge in [0.05, 0.1) is 26.7 Å². The Kier molecular flexibility index (Phi) is 3.61. The molecule has 0 aliphatic carbocycles. The van der Waals surface area contributed by atoms with Crippen molar-refractivity contribution in [2.75, 3.05) is 20.5 Å². The highest BCUT2D eigenvalue weighted by Crippen LogP contribution is 2.33. The normalized spacial score (nSPS) is 10.7. The third-order valence-electron chi connectivity index (χ3n) is 3.04. The van der Waals surface area contributed by atoms with Crippen LogP contribution in [0.1, 0.15) is 5.82 Å². The van der Waals surface area contributed by atoms with Crippen LogP contribution in [0.15, 0.2) is 17.2 Å². The van der Waals surface area contributed by atoms with E-state index in [4.69, 9.17) is 9.47 Å². The molecule has 1 heterocycles. The van der Waals surface area contributed by atoms with E-state index in [0.29, 0.717) is 0 Å². The Balaban J connectivity index is 2.86. The maximum absolute atomic E-state index is 5.35. The van der Waals surface area contributed by atoms with Gasteiger partial charge in [-0.05, 0) is 11.2 Å². The van der Waals surface area contributed by atoms with Crippen LogP contribution >= 0.6 is 11.8 Å². The number of methoxy groups -OCH3 is 2. The van der Waals surface area contributed by atoms with Crippen molar-refractivity contribution in [2.24, 2.45) is 7.05 Å². The first-order valence-corrected chi connectivity index (χ1v) is 6.81. The van der Waals surface area contributed by atoms with Gasteiger partial charge in [0.25, 0.3) is 5.82 Å². The van der Waals surface area contributed by atoms with Crippen LogP contribution in [0.2, 0.25) is 0 Å². The first-order valence-electron chi connectivity index (χ1n) is 5.58. The molecule has 96 valence electrons. The Morgan fingerprint density at radius 3 is 2.33 bits per heavy atom. The summed E-state index contributed by atoms with van der Waals surface area (Å²) in [6.07, 6.45) is 2.03. The fraction of sp³-hybridized carbons (Fsp3) is 0.385. The zero-order valence-electron chi connectivity index (χ0n) is 11.3. The molecule has 0 atom stereocenters. The monoisotopic (exact) mass is 265 g/mol. The minimum Gasteiger partial charge on any atom is -0.493 e. The summed E-state index contributed by atoms with van der Waals surface area (Å²) in [5, 5.41) is 2.08. The van der Waals surface area contributed by atoms with Gasteiger partial charge in [-0.2, -0.15) is 0 Å². The lowest BCUT2D eigenvalue weighted by molar-refractivity contribution is -0.655. The maximum atomic E-state index is 5.35. The molecular weight excluding hydrogens is 248 g/mol. The molecule has 0 fully saturated rings. The Morgan fingerprint density at radius 2 is 1.78 bits per heavy atom. The van der Waals surface area contributed by atoms with Gasteiger partial charge in [-0.25, -0.2) is 4.57 Å². The first kappa shape index (κ1) is 13.0. The molecular formula is C13H17N2O2S+. The third-order valence-corrected chi connectivity index (χ3v) is 3.73. The largest absolute Gasteiger partial charge is 0.493 e. The van der Waals surface area contributed by atoms with Crippen molar-refractivity contribution in [2.45, 2.75) is 11.9 Å². The molecule has 0 amide bonds. The highest BCUT2D eigenvalue weighted by atomic mass is 32.2. The number of hydrogen-bond donors (Lipinski definition) is 0. The van der Waals surface area contributed by atoms with Gasteiger partial charge in [0, 0.05) is 19.1 Å². The van der Waals surface area contributed by atoms with E-state index >= 15 is 0 Å². The highest BCUT2D eigenvalue weighted by molar-refractivity contribution is 7.98. The predicted molar refractivity (Wildman–Crippen MR) is 72.5 cm³/mol. The van der Waals surface area contributed by atoms with E-state index < -0.39 is 0 Å².